The quantitative estimate of drug-likeness (QED) is 0.570. The molecule has 0 spiro atoms. The normalized spacial score (nSPS) is 23.0. The van der Waals surface area contributed by atoms with Crippen LogP contribution in [0.4, 0.5) is 28.9 Å². The minimum atomic E-state index is -2.07. The monoisotopic (exact) mass is 436 g/mol. The summed E-state index contributed by atoms with van der Waals surface area (Å²) < 4.78 is 58.2. The Kier molecular flexibility index (Phi) is 5.04. The molecule has 2 heterocycles. The van der Waals surface area contributed by atoms with Gasteiger partial charge < -0.3 is 15.1 Å². The Morgan fingerprint density at radius 1 is 1.13 bits per heavy atom. The first-order valence-electron chi connectivity index (χ1n) is 9.37. The zero-order valence-corrected chi connectivity index (χ0v) is 16.1. The van der Waals surface area contributed by atoms with Crippen LogP contribution in [0.3, 0.4) is 0 Å². The lowest BCUT2D eigenvalue weighted by Crippen LogP contribution is -2.36. The Bertz CT molecular complexity index is 1150. The molecule has 2 aliphatic rings. The van der Waals surface area contributed by atoms with Crippen LogP contribution in [0.5, 0.6) is 0 Å². The lowest BCUT2D eigenvalue weighted by molar-refractivity contribution is -0.137. The number of fused-ring (bicyclic) bond motifs is 1. The Labute approximate surface area is 173 Å². The van der Waals surface area contributed by atoms with Crippen LogP contribution < -0.4 is 4.90 Å². The third-order valence-corrected chi connectivity index (χ3v) is 5.49. The van der Waals surface area contributed by atoms with Crippen molar-refractivity contribution in [3.05, 3.63) is 58.7 Å². The molecule has 31 heavy (non-hydrogen) atoms. The molecule has 0 aromatic heterocycles. The van der Waals surface area contributed by atoms with Crippen molar-refractivity contribution in [1.29, 1.82) is 0 Å². The van der Waals surface area contributed by atoms with Gasteiger partial charge in [-0.3, -0.25) is 9.59 Å². The van der Waals surface area contributed by atoms with Crippen molar-refractivity contribution >= 4 is 28.8 Å². The Morgan fingerprint density at radius 2 is 1.84 bits per heavy atom. The maximum atomic E-state index is 15.4. The molecule has 2 N–H and O–H groups in total. The number of nitrogens with zero attached hydrogens (tertiary/aromatic N) is 2. The SMILES string of the molecule is CC1CC(O)CN1c1c(F)cc2c(c1F)N=C(c1cc(F)ccc1F)C(C(=O)O)C2=O. The number of carboxylic acid groups (broad SMARTS) is 1. The van der Waals surface area contributed by atoms with E-state index in [0.29, 0.717) is 12.1 Å². The van der Waals surface area contributed by atoms with Crippen LogP contribution >= 0.6 is 0 Å². The fraction of sp³-hybridized carbons (Fsp3) is 0.286. The van der Waals surface area contributed by atoms with Crippen molar-refractivity contribution in [3.63, 3.8) is 0 Å². The van der Waals surface area contributed by atoms with E-state index >= 15 is 4.39 Å². The third-order valence-electron chi connectivity index (χ3n) is 5.49. The smallest absolute Gasteiger partial charge is 0.320 e. The molecule has 1 fully saturated rings. The summed E-state index contributed by atoms with van der Waals surface area (Å²) in [6.45, 7) is 1.59. The zero-order chi connectivity index (χ0) is 22.6. The molecule has 4 rings (SSSR count). The second-order valence-electron chi connectivity index (χ2n) is 7.56. The molecule has 1 saturated heterocycles. The second-order valence-corrected chi connectivity index (χ2v) is 7.56. The number of anilines is 1. The Hall–Kier alpha value is -3.27. The molecule has 0 radical (unpaired) electrons. The summed E-state index contributed by atoms with van der Waals surface area (Å²) in [6.07, 6.45) is -0.553. The van der Waals surface area contributed by atoms with Crippen LogP contribution in [0, 0.1) is 29.2 Å². The van der Waals surface area contributed by atoms with Crippen LogP contribution in [0.25, 0.3) is 0 Å². The first-order valence-corrected chi connectivity index (χ1v) is 9.37. The number of carboxylic acids is 1. The first-order chi connectivity index (χ1) is 14.6. The molecule has 162 valence electrons. The number of benzene rings is 2. The highest BCUT2D eigenvalue weighted by molar-refractivity contribution is 6.31. The van der Waals surface area contributed by atoms with E-state index in [1.54, 1.807) is 6.92 Å². The molecule has 2 aromatic carbocycles. The molecule has 0 saturated carbocycles. The van der Waals surface area contributed by atoms with E-state index in [1.807, 2.05) is 0 Å². The van der Waals surface area contributed by atoms with E-state index in [2.05, 4.69) is 4.99 Å². The molecule has 10 heteroatoms. The van der Waals surface area contributed by atoms with Gasteiger partial charge in [-0.1, -0.05) is 0 Å². The number of aliphatic hydroxyl groups is 1. The molecule has 6 nitrogen and oxygen atoms in total. The van der Waals surface area contributed by atoms with Gasteiger partial charge in [0.25, 0.3) is 0 Å². The summed E-state index contributed by atoms with van der Waals surface area (Å²) in [6, 6.07) is 2.44. The molecular formula is C21H16F4N2O4. The van der Waals surface area contributed by atoms with Crippen LogP contribution in [0.1, 0.15) is 29.3 Å². The summed E-state index contributed by atoms with van der Waals surface area (Å²) in [4.78, 5) is 29.7. The van der Waals surface area contributed by atoms with Crippen molar-refractivity contribution in [1.82, 2.24) is 0 Å². The lowest BCUT2D eigenvalue weighted by atomic mass is 9.85. The van der Waals surface area contributed by atoms with Crippen LogP contribution in [-0.2, 0) is 4.79 Å². The highest BCUT2D eigenvalue weighted by Crippen LogP contribution is 2.41. The van der Waals surface area contributed by atoms with Gasteiger partial charge in [-0.15, -0.1) is 0 Å². The number of β-amino-alcohol motifs (C(OH)–C–C–N with tert-alkyl or cyclic N) is 1. The van der Waals surface area contributed by atoms with E-state index in [4.69, 9.17) is 0 Å². The predicted molar refractivity (Wildman–Crippen MR) is 102 cm³/mol. The fourth-order valence-corrected chi connectivity index (χ4v) is 4.08. The van der Waals surface area contributed by atoms with Crippen molar-refractivity contribution in [3.8, 4) is 0 Å². The maximum Gasteiger partial charge on any atom is 0.320 e. The molecule has 0 amide bonds. The second kappa shape index (κ2) is 7.45. The summed E-state index contributed by atoms with van der Waals surface area (Å²) in [7, 11) is 0. The van der Waals surface area contributed by atoms with Crippen molar-refractivity contribution < 1.29 is 37.4 Å². The average Bonchev–Trinajstić information content (AvgIpc) is 3.02. The number of hydrogen-bond donors (Lipinski definition) is 2. The van der Waals surface area contributed by atoms with Gasteiger partial charge in [-0.2, -0.15) is 0 Å². The zero-order valence-electron chi connectivity index (χ0n) is 16.1. The molecule has 2 aromatic rings. The van der Waals surface area contributed by atoms with Gasteiger partial charge in [0.1, 0.15) is 28.8 Å². The largest absolute Gasteiger partial charge is 0.480 e. The maximum absolute atomic E-state index is 15.4. The van der Waals surface area contributed by atoms with E-state index in [0.717, 1.165) is 12.1 Å². The van der Waals surface area contributed by atoms with Gasteiger partial charge in [0.2, 0.25) is 0 Å². The molecule has 0 aliphatic carbocycles. The fourth-order valence-electron chi connectivity index (χ4n) is 4.08. The number of halogens is 4. The number of aliphatic carboxylic acids is 1. The van der Waals surface area contributed by atoms with E-state index in [1.165, 1.54) is 4.90 Å². The highest BCUT2D eigenvalue weighted by atomic mass is 19.1. The van der Waals surface area contributed by atoms with Crippen molar-refractivity contribution in [2.75, 3.05) is 11.4 Å². The first kappa shape index (κ1) is 21.0. The number of hydrogen-bond acceptors (Lipinski definition) is 5. The summed E-state index contributed by atoms with van der Waals surface area (Å²) in [5.41, 5.74) is -3.10. The van der Waals surface area contributed by atoms with Crippen LogP contribution in [0.15, 0.2) is 29.3 Å². The van der Waals surface area contributed by atoms with Crippen LogP contribution in [0.2, 0.25) is 0 Å². The number of rotatable bonds is 3. The number of ketones is 1. The van der Waals surface area contributed by atoms with Gasteiger partial charge >= 0.3 is 5.97 Å². The van der Waals surface area contributed by atoms with Gasteiger partial charge in [-0.05, 0) is 37.6 Å². The van der Waals surface area contributed by atoms with Crippen molar-refractivity contribution in [2.24, 2.45) is 10.9 Å². The minimum absolute atomic E-state index is 0.0609. The number of aliphatic hydroxyl groups excluding tert-OH is 1. The van der Waals surface area contributed by atoms with E-state index in [9.17, 15) is 33.0 Å². The number of carbonyl (C=O) groups excluding carboxylic acids is 1. The van der Waals surface area contributed by atoms with Gasteiger partial charge in [-0.25, -0.2) is 22.6 Å². The topological polar surface area (TPSA) is 90.2 Å². The summed E-state index contributed by atoms with van der Waals surface area (Å²) in [5.74, 6) is -9.33. The predicted octanol–water partition coefficient (Wildman–Crippen LogP) is 3.22. The van der Waals surface area contributed by atoms with Crippen molar-refractivity contribution in [2.45, 2.75) is 25.5 Å². The number of carbonyl (C=O) groups is 2. The molecule has 2 aliphatic heterocycles. The summed E-state index contributed by atoms with van der Waals surface area (Å²) >= 11 is 0. The Morgan fingerprint density at radius 3 is 2.45 bits per heavy atom. The lowest BCUT2D eigenvalue weighted by Gasteiger charge is -2.28. The van der Waals surface area contributed by atoms with Gasteiger partial charge in [0, 0.05) is 18.2 Å². The summed E-state index contributed by atoms with van der Waals surface area (Å²) in [5, 5.41) is 19.3. The molecular weight excluding hydrogens is 420 g/mol. The minimum Gasteiger partial charge on any atom is -0.480 e. The van der Waals surface area contributed by atoms with E-state index < -0.39 is 81.3 Å². The third kappa shape index (κ3) is 3.36. The standard InChI is InChI=1S/C21H16F4N2O4/c1-8-4-10(28)7-27(8)19-14(24)6-12-18(16(19)25)26-17(15(20(12)29)21(30)31)11-5-9(22)2-3-13(11)23/h2-3,5-6,8,10,15,28H,4,7H2,1H3,(H,30,31). The van der Waals surface area contributed by atoms with Gasteiger partial charge in [0.15, 0.2) is 17.5 Å². The number of aliphatic imine (C=N–C) groups is 1. The molecule has 3 unspecified atom stereocenters. The number of Topliss-reactive ketones (excluding diaryl/α,β-unsaturated/α-hetero) is 1. The van der Waals surface area contributed by atoms with Gasteiger partial charge in [0.05, 0.1) is 17.4 Å². The van der Waals surface area contributed by atoms with E-state index in [-0.39, 0.29) is 13.0 Å². The van der Waals surface area contributed by atoms with Crippen LogP contribution in [-0.4, -0.2) is 46.4 Å². The molecule has 3 atom stereocenters. The highest BCUT2D eigenvalue weighted by Gasteiger charge is 2.42. The molecule has 0 bridgehead atoms. The Balaban J connectivity index is 1.97. The average molecular weight is 436 g/mol.